The van der Waals surface area contributed by atoms with Crippen LogP contribution >= 0.6 is 0 Å². The van der Waals surface area contributed by atoms with Crippen molar-refractivity contribution in [2.24, 2.45) is 11.8 Å². The van der Waals surface area contributed by atoms with E-state index < -0.39 is 5.54 Å². The number of carbonyl (C=O) groups excluding carboxylic acids is 1. The van der Waals surface area contributed by atoms with Crippen molar-refractivity contribution < 1.29 is 4.79 Å². The molecule has 4 heteroatoms. The van der Waals surface area contributed by atoms with Gasteiger partial charge in [-0.1, -0.05) is 58.0 Å². The molecule has 0 spiro atoms. The Morgan fingerprint density at radius 1 is 1.23 bits per heavy atom. The first-order valence-corrected chi connectivity index (χ1v) is 7.80. The summed E-state index contributed by atoms with van der Waals surface area (Å²) in [6.07, 6.45) is 0. The number of hydrogen-bond acceptors (Lipinski definition) is 3. The maximum absolute atomic E-state index is 12.2. The van der Waals surface area contributed by atoms with Gasteiger partial charge in [0.2, 0.25) is 5.91 Å². The number of rotatable bonds is 7. The zero-order valence-corrected chi connectivity index (χ0v) is 14.2. The number of amides is 1. The molecule has 0 fully saturated rings. The third-order valence-electron chi connectivity index (χ3n) is 4.09. The van der Waals surface area contributed by atoms with Gasteiger partial charge in [0.05, 0.1) is 12.6 Å². The monoisotopic (exact) mass is 301 g/mol. The number of carbonyl (C=O) groups is 1. The third-order valence-corrected chi connectivity index (χ3v) is 4.09. The lowest BCUT2D eigenvalue weighted by atomic mass is 9.90. The Labute approximate surface area is 133 Å². The summed E-state index contributed by atoms with van der Waals surface area (Å²) < 4.78 is 0. The van der Waals surface area contributed by atoms with Gasteiger partial charge in [0.25, 0.3) is 0 Å². The van der Waals surface area contributed by atoms with Crippen molar-refractivity contribution in [2.45, 2.75) is 46.2 Å². The first-order valence-electron chi connectivity index (χ1n) is 7.80. The number of nitrogens with one attached hydrogen (secondary N) is 2. The van der Waals surface area contributed by atoms with Gasteiger partial charge in [0.15, 0.2) is 0 Å². The quantitative estimate of drug-likeness (QED) is 0.813. The Morgan fingerprint density at radius 2 is 1.82 bits per heavy atom. The van der Waals surface area contributed by atoms with E-state index >= 15 is 0 Å². The minimum absolute atomic E-state index is 0.0523. The molecule has 1 aromatic rings. The molecule has 0 aliphatic carbocycles. The molecule has 1 amide bonds. The molecular weight excluding hydrogens is 274 g/mol. The highest BCUT2D eigenvalue weighted by molar-refractivity contribution is 5.79. The first-order chi connectivity index (χ1) is 10.3. The molecule has 2 N–H and O–H groups in total. The Kier molecular flexibility index (Phi) is 6.58. The summed E-state index contributed by atoms with van der Waals surface area (Å²) in [7, 11) is 0. The van der Waals surface area contributed by atoms with Crippen LogP contribution in [0.5, 0.6) is 0 Å². The van der Waals surface area contributed by atoms with Gasteiger partial charge in [-0.25, -0.2) is 0 Å². The summed E-state index contributed by atoms with van der Waals surface area (Å²) in [5.41, 5.74) is 0.330. The van der Waals surface area contributed by atoms with Crippen LogP contribution in [-0.2, 0) is 4.79 Å². The van der Waals surface area contributed by atoms with Gasteiger partial charge in [-0.15, -0.1) is 0 Å². The average Bonchev–Trinajstić information content (AvgIpc) is 2.47. The normalized spacial score (nSPS) is 15.2. The summed E-state index contributed by atoms with van der Waals surface area (Å²) in [6.45, 7) is 10.1. The van der Waals surface area contributed by atoms with E-state index in [4.69, 9.17) is 0 Å². The van der Waals surface area contributed by atoms with Crippen LogP contribution in [0.1, 0.15) is 46.2 Å². The van der Waals surface area contributed by atoms with Crippen molar-refractivity contribution in [3.8, 4) is 6.07 Å². The van der Waals surface area contributed by atoms with Crippen LogP contribution in [0.4, 0.5) is 0 Å². The summed E-state index contributed by atoms with van der Waals surface area (Å²) >= 11 is 0. The maximum Gasteiger partial charge on any atom is 0.235 e. The van der Waals surface area contributed by atoms with Crippen molar-refractivity contribution in [1.82, 2.24) is 10.6 Å². The molecular formula is C18H27N3O. The zero-order chi connectivity index (χ0) is 16.8. The van der Waals surface area contributed by atoms with E-state index in [0.29, 0.717) is 5.92 Å². The number of benzene rings is 1. The van der Waals surface area contributed by atoms with Crippen molar-refractivity contribution in [3.05, 3.63) is 35.9 Å². The molecule has 2 atom stereocenters. The van der Waals surface area contributed by atoms with Gasteiger partial charge in [0.1, 0.15) is 5.54 Å². The van der Waals surface area contributed by atoms with Crippen LogP contribution in [0, 0.1) is 23.2 Å². The molecule has 0 unspecified atom stereocenters. The van der Waals surface area contributed by atoms with Gasteiger partial charge in [-0.3, -0.25) is 4.79 Å². The van der Waals surface area contributed by atoms with Crippen LogP contribution in [-0.4, -0.2) is 18.0 Å². The highest BCUT2D eigenvalue weighted by Gasteiger charge is 2.30. The molecule has 0 bridgehead atoms. The average molecular weight is 301 g/mol. The topological polar surface area (TPSA) is 64.9 Å². The summed E-state index contributed by atoms with van der Waals surface area (Å²) in [5.74, 6) is 0.262. The Morgan fingerprint density at radius 3 is 2.27 bits per heavy atom. The van der Waals surface area contributed by atoms with Gasteiger partial charge in [-0.05, 0) is 24.3 Å². The largest absolute Gasteiger partial charge is 0.337 e. The molecule has 1 rings (SSSR count). The van der Waals surface area contributed by atoms with Crippen molar-refractivity contribution >= 4 is 5.91 Å². The van der Waals surface area contributed by atoms with Crippen LogP contribution in [0.2, 0.25) is 0 Å². The standard InChI is InChI=1S/C18H27N3O/c1-13(2)17(15-9-7-6-8-10-15)20-11-16(22)21-18(5,12-19)14(3)4/h6-10,13-14,17,20H,11H2,1-5H3,(H,21,22)/t17-,18-/m0/s1. The van der Waals surface area contributed by atoms with E-state index in [1.54, 1.807) is 6.92 Å². The fourth-order valence-electron chi connectivity index (χ4n) is 2.24. The van der Waals surface area contributed by atoms with Crippen molar-refractivity contribution in [3.63, 3.8) is 0 Å². The zero-order valence-electron chi connectivity index (χ0n) is 14.2. The molecule has 0 saturated carbocycles. The van der Waals surface area contributed by atoms with Crippen molar-refractivity contribution in [2.75, 3.05) is 6.54 Å². The molecule has 0 saturated heterocycles. The van der Waals surface area contributed by atoms with Crippen LogP contribution in [0.15, 0.2) is 30.3 Å². The first kappa shape index (κ1) is 18.2. The lowest BCUT2D eigenvalue weighted by Crippen LogP contribution is -2.51. The highest BCUT2D eigenvalue weighted by atomic mass is 16.2. The minimum Gasteiger partial charge on any atom is -0.337 e. The fourth-order valence-corrected chi connectivity index (χ4v) is 2.24. The Balaban J connectivity index is 2.67. The molecule has 0 aliphatic heterocycles. The van der Waals surface area contributed by atoms with E-state index in [1.807, 2.05) is 32.0 Å². The van der Waals surface area contributed by atoms with E-state index in [2.05, 4.69) is 42.7 Å². The fraction of sp³-hybridized carbons (Fsp3) is 0.556. The molecule has 22 heavy (non-hydrogen) atoms. The minimum atomic E-state index is -0.834. The molecule has 0 heterocycles. The molecule has 120 valence electrons. The van der Waals surface area contributed by atoms with Crippen LogP contribution < -0.4 is 10.6 Å². The summed E-state index contributed by atoms with van der Waals surface area (Å²) in [4.78, 5) is 12.2. The maximum atomic E-state index is 12.2. The van der Waals surface area contributed by atoms with Gasteiger partial charge in [0, 0.05) is 6.04 Å². The van der Waals surface area contributed by atoms with E-state index in [-0.39, 0.29) is 24.4 Å². The van der Waals surface area contributed by atoms with Crippen molar-refractivity contribution in [1.29, 1.82) is 5.26 Å². The SMILES string of the molecule is CC(C)[C@H](NCC(=O)N[C@@](C)(C#N)C(C)C)c1ccccc1. The summed E-state index contributed by atoms with van der Waals surface area (Å²) in [5, 5.41) is 15.4. The second-order valence-electron chi connectivity index (χ2n) is 6.53. The summed E-state index contributed by atoms with van der Waals surface area (Å²) in [6, 6.07) is 12.4. The molecule has 0 aromatic heterocycles. The molecule has 0 aliphatic rings. The van der Waals surface area contributed by atoms with Crippen LogP contribution in [0.25, 0.3) is 0 Å². The van der Waals surface area contributed by atoms with E-state index in [1.165, 1.54) is 0 Å². The number of hydrogen-bond donors (Lipinski definition) is 2. The Bertz CT molecular complexity index is 519. The molecule has 1 aromatic carbocycles. The predicted molar refractivity (Wildman–Crippen MR) is 89.0 cm³/mol. The second-order valence-corrected chi connectivity index (χ2v) is 6.53. The third kappa shape index (κ3) is 4.85. The van der Waals surface area contributed by atoms with Crippen LogP contribution in [0.3, 0.4) is 0 Å². The molecule has 4 nitrogen and oxygen atoms in total. The lowest BCUT2D eigenvalue weighted by molar-refractivity contribution is -0.122. The van der Waals surface area contributed by atoms with E-state index in [0.717, 1.165) is 5.56 Å². The van der Waals surface area contributed by atoms with Gasteiger partial charge >= 0.3 is 0 Å². The predicted octanol–water partition coefficient (Wildman–Crippen LogP) is 3.03. The lowest BCUT2D eigenvalue weighted by Gasteiger charge is -2.28. The smallest absolute Gasteiger partial charge is 0.235 e. The second kappa shape index (κ2) is 7.95. The number of nitrogens with zero attached hydrogens (tertiary/aromatic N) is 1. The highest BCUT2D eigenvalue weighted by Crippen LogP contribution is 2.21. The Hall–Kier alpha value is -1.86. The van der Waals surface area contributed by atoms with Gasteiger partial charge < -0.3 is 10.6 Å². The molecule has 0 radical (unpaired) electrons. The van der Waals surface area contributed by atoms with Gasteiger partial charge in [-0.2, -0.15) is 5.26 Å². The van der Waals surface area contributed by atoms with E-state index in [9.17, 15) is 10.1 Å². The number of nitriles is 1.